The molecule has 0 bridgehead atoms. The zero-order chi connectivity index (χ0) is 17.6. The van der Waals surface area contributed by atoms with E-state index in [-0.39, 0.29) is 11.9 Å². The first kappa shape index (κ1) is 18.1. The molecule has 1 saturated carbocycles. The van der Waals surface area contributed by atoms with Gasteiger partial charge in [-0.05, 0) is 51.0 Å². The number of likely N-dealkylation sites (N-methyl/N-ethyl adjacent to an activating group) is 1. The minimum atomic E-state index is -0.205. The van der Waals surface area contributed by atoms with E-state index in [1.54, 1.807) is 4.90 Å². The number of nitrogens with one attached hydrogen (secondary N) is 3. The second-order valence-corrected chi connectivity index (χ2v) is 7.49. The third-order valence-corrected chi connectivity index (χ3v) is 5.68. The van der Waals surface area contributed by atoms with Crippen molar-refractivity contribution in [3.8, 4) is 0 Å². The third kappa shape index (κ3) is 4.88. The van der Waals surface area contributed by atoms with E-state index in [0.29, 0.717) is 6.04 Å². The van der Waals surface area contributed by atoms with Gasteiger partial charge >= 0.3 is 0 Å². The molecule has 1 heterocycles. The van der Waals surface area contributed by atoms with Gasteiger partial charge in [-0.15, -0.1) is 0 Å². The standard InChI is InChI=1S/C20H32N4O/c1-3-23-12-14-24(15-13-23)19-10-8-18(9-11-19)21-16(2)20(25)22-17-6-4-5-7-17/h8-11,16-17,21H,3-7,12-15H2,1-2H3,(H,22,25)/p+1/t16-/m1/s1. The Morgan fingerprint density at radius 1 is 1.20 bits per heavy atom. The molecule has 2 aliphatic rings. The quantitative estimate of drug-likeness (QED) is 0.728. The van der Waals surface area contributed by atoms with Gasteiger partial charge in [0.2, 0.25) is 5.91 Å². The van der Waals surface area contributed by atoms with Crippen molar-refractivity contribution in [2.45, 2.75) is 51.6 Å². The van der Waals surface area contributed by atoms with E-state index in [0.717, 1.165) is 31.6 Å². The molecule has 5 nitrogen and oxygen atoms in total. The minimum Gasteiger partial charge on any atom is -0.374 e. The molecular weight excluding hydrogens is 312 g/mol. The summed E-state index contributed by atoms with van der Waals surface area (Å²) < 4.78 is 0. The number of nitrogens with zero attached hydrogens (tertiary/aromatic N) is 1. The third-order valence-electron chi connectivity index (χ3n) is 5.68. The highest BCUT2D eigenvalue weighted by Gasteiger charge is 2.21. The molecule has 0 aromatic heterocycles. The highest BCUT2D eigenvalue weighted by Crippen LogP contribution is 2.20. The number of amides is 1. The molecule has 1 aliphatic carbocycles. The smallest absolute Gasteiger partial charge is 0.242 e. The SMILES string of the molecule is CC[NH+]1CCN(c2ccc(N[C@H](C)C(=O)NC3CCCC3)cc2)CC1. The van der Waals surface area contributed by atoms with Crippen molar-refractivity contribution >= 4 is 17.3 Å². The van der Waals surface area contributed by atoms with Crippen molar-refractivity contribution in [1.29, 1.82) is 0 Å². The maximum atomic E-state index is 12.3. The lowest BCUT2D eigenvalue weighted by molar-refractivity contribution is -0.898. The number of benzene rings is 1. The number of quaternary nitrogens is 1. The van der Waals surface area contributed by atoms with Crippen molar-refractivity contribution in [3.63, 3.8) is 0 Å². The van der Waals surface area contributed by atoms with E-state index in [9.17, 15) is 4.79 Å². The van der Waals surface area contributed by atoms with Crippen LogP contribution in [0.15, 0.2) is 24.3 Å². The van der Waals surface area contributed by atoms with Gasteiger partial charge in [0.15, 0.2) is 0 Å². The number of carbonyl (C=O) groups is 1. The molecule has 2 fully saturated rings. The molecule has 1 amide bonds. The van der Waals surface area contributed by atoms with Crippen LogP contribution in [-0.4, -0.2) is 50.7 Å². The molecule has 1 aromatic rings. The summed E-state index contributed by atoms with van der Waals surface area (Å²) in [7, 11) is 0. The molecule has 1 atom stereocenters. The van der Waals surface area contributed by atoms with Crippen LogP contribution in [0.3, 0.4) is 0 Å². The van der Waals surface area contributed by atoms with E-state index in [2.05, 4.69) is 46.7 Å². The van der Waals surface area contributed by atoms with Gasteiger partial charge < -0.3 is 20.4 Å². The molecule has 0 radical (unpaired) electrons. The van der Waals surface area contributed by atoms with E-state index in [1.807, 2.05) is 6.92 Å². The molecule has 1 aliphatic heterocycles. The Bertz CT molecular complexity index is 545. The molecular formula is C20H33N4O+. The number of carbonyl (C=O) groups excluding carboxylic acids is 1. The van der Waals surface area contributed by atoms with Gasteiger partial charge in [0.1, 0.15) is 6.04 Å². The minimum absolute atomic E-state index is 0.106. The zero-order valence-electron chi connectivity index (χ0n) is 15.7. The normalized spacial score (nSPS) is 20.5. The van der Waals surface area contributed by atoms with Crippen LogP contribution in [0.25, 0.3) is 0 Å². The van der Waals surface area contributed by atoms with Gasteiger partial charge in [0.05, 0.1) is 32.7 Å². The monoisotopic (exact) mass is 345 g/mol. The fourth-order valence-corrected chi connectivity index (χ4v) is 3.92. The Kier molecular flexibility index (Phi) is 6.19. The predicted molar refractivity (Wildman–Crippen MR) is 103 cm³/mol. The molecule has 138 valence electrons. The lowest BCUT2D eigenvalue weighted by Gasteiger charge is -2.33. The zero-order valence-corrected chi connectivity index (χ0v) is 15.7. The molecule has 5 heteroatoms. The average Bonchev–Trinajstić information content (AvgIpc) is 3.15. The second kappa shape index (κ2) is 8.56. The number of piperazine rings is 1. The van der Waals surface area contributed by atoms with Crippen molar-refractivity contribution in [1.82, 2.24) is 5.32 Å². The van der Waals surface area contributed by atoms with Gasteiger partial charge in [-0.3, -0.25) is 4.79 Å². The second-order valence-electron chi connectivity index (χ2n) is 7.49. The van der Waals surface area contributed by atoms with Gasteiger partial charge in [0, 0.05) is 17.4 Å². The lowest BCUT2D eigenvalue weighted by atomic mass is 10.2. The number of anilines is 2. The van der Waals surface area contributed by atoms with E-state index < -0.39 is 0 Å². The summed E-state index contributed by atoms with van der Waals surface area (Å²) in [6.45, 7) is 10.1. The fraction of sp³-hybridized carbons (Fsp3) is 0.650. The van der Waals surface area contributed by atoms with E-state index >= 15 is 0 Å². The van der Waals surface area contributed by atoms with Gasteiger partial charge in [0.25, 0.3) is 0 Å². The van der Waals surface area contributed by atoms with Crippen molar-refractivity contribution in [2.75, 3.05) is 42.9 Å². The molecule has 3 N–H and O–H groups in total. The first-order chi connectivity index (χ1) is 12.2. The van der Waals surface area contributed by atoms with Crippen LogP contribution in [0.5, 0.6) is 0 Å². The van der Waals surface area contributed by atoms with Gasteiger partial charge in [-0.25, -0.2) is 0 Å². The number of hydrogen-bond donors (Lipinski definition) is 3. The maximum absolute atomic E-state index is 12.3. The summed E-state index contributed by atoms with van der Waals surface area (Å²) in [5, 5.41) is 6.49. The van der Waals surface area contributed by atoms with Gasteiger partial charge in [-0.2, -0.15) is 0 Å². The summed E-state index contributed by atoms with van der Waals surface area (Å²) in [6, 6.07) is 8.69. The average molecular weight is 346 g/mol. The van der Waals surface area contributed by atoms with Crippen molar-refractivity contribution in [2.24, 2.45) is 0 Å². The molecule has 0 unspecified atom stereocenters. The molecule has 25 heavy (non-hydrogen) atoms. The number of rotatable bonds is 6. The molecule has 0 spiro atoms. The van der Waals surface area contributed by atoms with Crippen LogP contribution in [0.2, 0.25) is 0 Å². The Hall–Kier alpha value is -1.75. The van der Waals surface area contributed by atoms with Crippen LogP contribution >= 0.6 is 0 Å². The topological polar surface area (TPSA) is 48.8 Å². The summed E-state index contributed by atoms with van der Waals surface area (Å²) in [5.74, 6) is 0.106. The van der Waals surface area contributed by atoms with Crippen molar-refractivity contribution < 1.29 is 9.69 Å². The van der Waals surface area contributed by atoms with Gasteiger partial charge in [-0.1, -0.05) is 12.8 Å². The summed E-state index contributed by atoms with van der Waals surface area (Å²) in [5.41, 5.74) is 2.29. The highest BCUT2D eigenvalue weighted by molar-refractivity contribution is 5.84. The van der Waals surface area contributed by atoms with Crippen molar-refractivity contribution in [3.05, 3.63) is 24.3 Å². The van der Waals surface area contributed by atoms with Crippen LogP contribution in [-0.2, 0) is 4.79 Å². The van der Waals surface area contributed by atoms with Crippen LogP contribution in [0.1, 0.15) is 39.5 Å². The Balaban J connectivity index is 1.49. The summed E-state index contributed by atoms with van der Waals surface area (Å²) >= 11 is 0. The predicted octanol–water partition coefficient (Wildman–Crippen LogP) is 1.27. The highest BCUT2D eigenvalue weighted by atomic mass is 16.2. The molecule has 3 rings (SSSR count). The van der Waals surface area contributed by atoms with E-state index in [1.165, 1.54) is 38.2 Å². The fourth-order valence-electron chi connectivity index (χ4n) is 3.92. The van der Waals surface area contributed by atoms with Crippen LogP contribution < -0.4 is 20.4 Å². The maximum Gasteiger partial charge on any atom is 0.242 e. The largest absolute Gasteiger partial charge is 0.374 e. The van der Waals surface area contributed by atoms with E-state index in [4.69, 9.17) is 0 Å². The first-order valence-corrected chi connectivity index (χ1v) is 9.91. The molecule has 1 aromatic carbocycles. The Morgan fingerprint density at radius 2 is 1.84 bits per heavy atom. The lowest BCUT2D eigenvalue weighted by Crippen LogP contribution is -3.14. The molecule has 1 saturated heterocycles. The number of hydrogen-bond acceptors (Lipinski definition) is 3. The first-order valence-electron chi connectivity index (χ1n) is 9.91. The Morgan fingerprint density at radius 3 is 2.44 bits per heavy atom. The van der Waals surface area contributed by atoms with Crippen LogP contribution in [0.4, 0.5) is 11.4 Å². The summed E-state index contributed by atoms with van der Waals surface area (Å²) in [6.07, 6.45) is 4.73. The summed E-state index contributed by atoms with van der Waals surface area (Å²) in [4.78, 5) is 16.4. The van der Waals surface area contributed by atoms with Crippen LogP contribution in [0, 0.1) is 0 Å². The Labute approximate surface area is 151 Å².